The fourth-order valence-electron chi connectivity index (χ4n) is 1.33. The quantitative estimate of drug-likeness (QED) is 0.733. The molecule has 0 saturated heterocycles. The van der Waals surface area contributed by atoms with E-state index in [0.717, 1.165) is 12.1 Å². The van der Waals surface area contributed by atoms with E-state index in [1.165, 1.54) is 4.68 Å². The molecule has 0 radical (unpaired) electrons. The minimum Gasteiger partial charge on any atom is -0.393 e. The van der Waals surface area contributed by atoms with Crippen LogP contribution in [0.5, 0.6) is 0 Å². The lowest BCUT2D eigenvalue weighted by Crippen LogP contribution is -2.17. The maximum Gasteiger partial charge on any atom is 0.289 e. The second-order valence-electron chi connectivity index (χ2n) is 3.65. The molecule has 1 rings (SSSR count). The Bertz CT molecular complexity index is 335. The third kappa shape index (κ3) is 1.94. The molecular formula is C9H17N3O. The molecule has 0 fully saturated rings. The fraction of sp³-hybridized carbons (Fsp3) is 0.667. The van der Waals surface area contributed by atoms with E-state index in [0.29, 0.717) is 18.2 Å². The van der Waals surface area contributed by atoms with Crippen molar-refractivity contribution >= 4 is 5.69 Å². The van der Waals surface area contributed by atoms with Crippen LogP contribution in [-0.4, -0.2) is 9.78 Å². The number of anilines is 1. The van der Waals surface area contributed by atoms with E-state index in [9.17, 15) is 4.79 Å². The summed E-state index contributed by atoms with van der Waals surface area (Å²) in [5.41, 5.74) is 6.80. The molecule has 1 heterocycles. The predicted molar refractivity (Wildman–Crippen MR) is 53.7 cm³/mol. The summed E-state index contributed by atoms with van der Waals surface area (Å²) in [5, 5.41) is 3.01. The van der Waals surface area contributed by atoms with Gasteiger partial charge in [-0.1, -0.05) is 13.8 Å². The fourth-order valence-corrected chi connectivity index (χ4v) is 1.33. The lowest BCUT2D eigenvalue weighted by atomic mass is 10.1. The first-order valence-electron chi connectivity index (χ1n) is 4.63. The van der Waals surface area contributed by atoms with E-state index >= 15 is 0 Å². The molecule has 0 unspecified atom stereocenters. The van der Waals surface area contributed by atoms with Crippen LogP contribution >= 0.6 is 0 Å². The summed E-state index contributed by atoms with van der Waals surface area (Å²) in [4.78, 5) is 11.4. The number of H-pyrrole nitrogens is 1. The van der Waals surface area contributed by atoms with E-state index in [1.807, 2.05) is 6.92 Å². The van der Waals surface area contributed by atoms with Crippen LogP contribution in [0.3, 0.4) is 0 Å². The molecule has 0 bridgehead atoms. The van der Waals surface area contributed by atoms with Crippen molar-refractivity contribution in [1.82, 2.24) is 9.78 Å². The monoisotopic (exact) mass is 183 g/mol. The number of aromatic amines is 1. The van der Waals surface area contributed by atoms with Gasteiger partial charge in [0, 0.05) is 6.54 Å². The van der Waals surface area contributed by atoms with E-state index in [4.69, 9.17) is 5.73 Å². The van der Waals surface area contributed by atoms with Crippen molar-refractivity contribution in [2.24, 2.45) is 5.92 Å². The minimum atomic E-state index is -0.0989. The Morgan fingerprint density at radius 2 is 2.15 bits per heavy atom. The van der Waals surface area contributed by atoms with Gasteiger partial charge in [-0.2, -0.15) is 0 Å². The first kappa shape index (κ1) is 9.89. The third-order valence-corrected chi connectivity index (χ3v) is 2.00. The Morgan fingerprint density at radius 3 is 2.54 bits per heavy atom. The summed E-state index contributed by atoms with van der Waals surface area (Å²) in [5.74, 6) is 0.505. The number of aromatic nitrogens is 2. The highest BCUT2D eigenvalue weighted by Gasteiger charge is 2.10. The molecule has 0 saturated carbocycles. The molecular weight excluding hydrogens is 166 g/mol. The van der Waals surface area contributed by atoms with Gasteiger partial charge in [-0.05, 0) is 19.3 Å². The summed E-state index contributed by atoms with van der Waals surface area (Å²) in [7, 11) is 0. The zero-order chi connectivity index (χ0) is 10.0. The van der Waals surface area contributed by atoms with Gasteiger partial charge in [0.25, 0.3) is 5.56 Å². The van der Waals surface area contributed by atoms with Gasteiger partial charge in [-0.25, -0.2) is 0 Å². The molecule has 13 heavy (non-hydrogen) atoms. The summed E-state index contributed by atoms with van der Waals surface area (Å²) in [6, 6.07) is 0. The van der Waals surface area contributed by atoms with Gasteiger partial charge in [0.05, 0.1) is 5.69 Å². The van der Waals surface area contributed by atoms with Gasteiger partial charge in [0.2, 0.25) is 0 Å². The SMILES string of the molecule is CCn1[nH]c(CC(C)C)c(N)c1=O. The number of hydrogen-bond donors (Lipinski definition) is 2. The van der Waals surface area contributed by atoms with Gasteiger partial charge < -0.3 is 5.73 Å². The average Bonchev–Trinajstić information content (AvgIpc) is 2.32. The van der Waals surface area contributed by atoms with Crippen LogP contribution in [0.4, 0.5) is 5.69 Å². The number of aryl methyl sites for hydroxylation is 1. The van der Waals surface area contributed by atoms with Gasteiger partial charge >= 0.3 is 0 Å². The molecule has 0 aliphatic heterocycles. The minimum absolute atomic E-state index is 0.0989. The predicted octanol–water partition coefficient (Wildman–Crippen LogP) is 0.977. The highest BCUT2D eigenvalue weighted by Crippen LogP contribution is 2.09. The van der Waals surface area contributed by atoms with E-state index in [1.54, 1.807) is 0 Å². The van der Waals surface area contributed by atoms with Gasteiger partial charge in [0.1, 0.15) is 5.69 Å². The van der Waals surface area contributed by atoms with Crippen molar-refractivity contribution in [1.29, 1.82) is 0 Å². The van der Waals surface area contributed by atoms with Gasteiger partial charge in [-0.3, -0.25) is 14.6 Å². The van der Waals surface area contributed by atoms with Crippen LogP contribution in [0, 0.1) is 5.92 Å². The van der Waals surface area contributed by atoms with E-state index in [2.05, 4.69) is 18.9 Å². The van der Waals surface area contributed by atoms with Crippen LogP contribution < -0.4 is 11.3 Å². The maximum absolute atomic E-state index is 11.4. The Morgan fingerprint density at radius 1 is 1.54 bits per heavy atom. The molecule has 0 amide bonds. The van der Waals surface area contributed by atoms with Gasteiger partial charge in [-0.15, -0.1) is 0 Å². The second-order valence-corrected chi connectivity index (χ2v) is 3.65. The Labute approximate surface area is 77.7 Å². The Hall–Kier alpha value is -1.19. The van der Waals surface area contributed by atoms with Crippen molar-refractivity contribution in [2.75, 3.05) is 5.73 Å². The summed E-state index contributed by atoms with van der Waals surface area (Å²) < 4.78 is 1.53. The lowest BCUT2D eigenvalue weighted by molar-refractivity contribution is 0.592. The van der Waals surface area contributed by atoms with Crippen molar-refractivity contribution < 1.29 is 0 Å². The first-order chi connectivity index (χ1) is 6.06. The number of hydrogen-bond acceptors (Lipinski definition) is 2. The first-order valence-corrected chi connectivity index (χ1v) is 4.63. The topological polar surface area (TPSA) is 63.8 Å². The second kappa shape index (κ2) is 3.68. The molecule has 4 heteroatoms. The molecule has 4 nitrogen and oxygen atoms in total. The summed E-state index contributed by atoms with van der Waals surface area (Å²) in [6.07, 6.45) is 0.827. The van der Waals surface area contributed by atoms with Crippen LogP contribution in [-0.2, 0) is 13.0 Å². The van der Waals surface area contributed by atoms with E-state index < -0.39 is 0 Å². The van der Waals surface area contributed by atoms with Crippen molar-refractivity contribution in [3.63, 3.8) is 0 Å². The number of nitrogens with one attached hydrogen (secondary N) is 1. The van der Waals surface area contributed by atoms with Crippen LogP contribution in [0.25, 0.3) is 0 Å². The van der Waals surface area contributed by atoms with Crippen molar-refractivity contribution in [2.45, 2.75) is 33.7 Å². The smallest absolute Gasteiger partial charge is 0.289 e. The molecule has 1 aromatic heterocycles. The number of nitrogen functional groups attached to an aromatic ring is 1. The van der Waals surface area contributed by atoms with Crippen LogP contribution in [0.1, 0.15) is 26.5 Å². The zero-order valence-corrected chi connectivity index (χ0v) is 8.42. The zero-order valence-electron chi connectivity index (χ0n) is 8.42. The molecule has 0 aromatic carbocycles. The molecule has 0 aliphatic carbocycles. The number of nitrogens with zero attached hydrogens (tertiary/aromatic N) is 1. The van der Waals surface area contributed by atoms with Crippen LogP contribution in [0.2, 0.25) is 0 Å². The molecule has 3 N–H and O–H groups in total. The molecule has 0 spiro atoms. The van der Waals surface area contributed by atoms with Crippen molar-refractivity contribution in [3.05, 3.63) is 16.0 Å². The van der Waals surface area contributed by atoms with Crippen molar-refractivity contribution in [3.8, 4) is 0 Å². The number of rotatable bonds is 3. The average molecular weight is 183 g/mol. The number of nitrogens with two attached hydrogens (primary N) is 1. The molecule has 1 aromatic rings. The normalized spacial score (nSPS) is 11.1. The standard InChI is InChI=1S/C9H17N3O/c1-4-12-9(13)8(10)7(11-12)5-6(2)3/h6,11H,4-5,10H2,1-3H3. The van der Waals surface area contributed by atoms with Crippen LogP contribution in [0.15, 0.2) is 4.79 Å². The Kier molecular flexibility index (Phi) is 2.80. The van der Waals surface area contributed by atoms with Gasteiger partial charge in [0.15, 0.2) is 0 Å². The summed E-state index contributed by atoms with van der Waals surface area (Å²) >= 11 is 0. The largest absolute Gasteiger partial charge is 0.393 e. The molecule has 0 atom stereocenters. The van der Waals surface area contributed by atoms with E-state index in [-0.39, 0.29) is 5.56 Å². The summed E-state index contributed by atoms with van der Waals surface area (Å²) in [6.45, 7) is 6.75. The highest BCUT2D eigenvalue weighted by atomic mass is 16.1. The lowest BCUT2D eigenvalue weighted by Gasteiger charge is -2.01. The molecule has 74 valence electrons. The Balaban J connectivity index is 3.03. The highest BCUT2D eigenvalue weighted by molar-refractivity contribution is 5.40. The third-order valence-electron chi connectivity index (χ3n) is 2.00. The molecule has 0 aliphatic rings. The maximum atomic E-state index is 11.4.